The van der Waals surface area contributed by atoms with Crippen molar-refractivity contribution < 1.29 is 14.8 Å². The Bertz CT molecular complexity index is 565. The van der Waals surface area contributed by atoms with Gasteiger partial charge in [-0.15, -0.1) is 0 Å². The summed E-state index contributed by atoms with van der Waals surface area (Å²) in [5.41, 5.74) is -0.270. The number of carboxylic acids is 1. The van der Waals surface area contributed by atoms with Gasteiger partial charge in [0, 0.05) is 6.04 Å². The second kappa shape index (κ2) is 6.52. The van der Waals surface area contributed by atoms with Crippen LogP contribution in [0.3, 0.4) is 0 Å². The summed E-state index contributed by atoms with van der Waals surface area (Å²) in [6.45, 7) is 3.29. The monoisotopic (exact) mass is 277 g/mol. The maximum atomic E-state index is 11.2. The van der Waals surface area contributed by atoms with E-state index in [9.17, 15) is 14.9 Å². The molecule has 1 aromatic rings. The number of para-hydroxylation sites is 1. The van der Waals surface area contributed by atoms with E-state index in [-0.39, 0.29) is 29.5 Å². The molecule has 7 heteroatoms. The van der Waals surface area contributed by atoms with Crippen LogP contribution in [0.25, 0.3) is 0 Å². The average Bonchev–Trinajstić information content (AvgIpc) is 2.42. The van der Waals surface area contributed by atoms with Gasteiger partial charge in [-0.1, -0.05) is 13.0 Å². The molecule has 0 spiro atoms. The Hall–Kier alpha value is -2.62. The lowest BCUT2D eigenvalue weighted by atomic mass is 10.1. The molecule has 20 heavy (non-hydrogen) atoms. The Kier molecular flexibility index (Phi) is 5.03. The Morgan fingerprint density at radius 1 is 1.60 bits per heavy atom. The molecule has 0 aliphatic heterocycles. The fourth-order valence-corrected chi connectivity index (χ4v) is 1.89. The van der Waals surface area contributed by atoms with E-state index in [0.29, 0.717) is 6.42 Å². The predicted molar refractivity (Wildman–Crippen MR) is 72.5 cm³/mol. The maximum Gasteiger partial charge on any atom is 0.323 e. The fraction of sp³-hybridized carbons (Fsp3) is 0.385. The molecule has 0 heterocycles. The van der Waals surface area contributed by atoms with Crippen molar-refractivity contribution in [3.63, 3.8) is 0 Å². The number of nitro groups is 1. The molecular weight excluding hydrogens is 262 g/mol. The van der Waals surface area contributed by atoms with Gasteiger partial charge in [0.1, 0.15) is 23.9 Å². The minimum atomic E-state index is -1.08. The number of anilines is 1. The van der Waals surface area contributed by atoms with Crippen molar-refractivity contribution in [2.75, 3.05) is 11.4 Å². The van der Waals surface area contributed by atoms with Gasteiger partial charge < -0.3 is 10.0 Å². The molecular formula is C13H15N3O4. The Labute approximate surface area is 116 Å². The van der Waals surface area contributed by atoms with Crippen LogP contribution in [0, 0.1) is 21.4 Å². The summed E-state index contributed by atoms with van der Waals surface area (Å²) >= 11 is 0. The third-order valence-corrected chi connectivity index (χ3v) is 3.06. The van der Waals surface area contributed by atoms with Crippen LogP contribution in [0.2, 0.25) is 0 Å². The molecule has 1 rings (SSSR count). The van der Waals surface area contributed by atoms with E-state index in [2.05, 4.69) is 0 Å². The fourth-order valence-electron chi connectivity index (χ4n) is 1.89. The van der Waals surface area contributed by atoms with E-state index in [1.807, 2.05) is 6.92 Å². The first kappa shape index (κ1) is 15.4. The topological polar surface area (TPSA) is 107 Å². The normalized spacial score (nSPS) is 11.4. The largest absolute Gasteiger partial charge is 0.480 e. The number of carbonyl (C=O) groups is 1. The first-order chi connectivity index (χ1) is 9.42. The number of hydrogen-bond acceptors (Lipinski definition) is 5. The molecule has 0 amide bonds. The highest BCUT2D eigenvalue weighted by Crippen LogP contribution is 2.32. The molecule has 0 saturated carbocycles. The number of nitrogens with zero attached hydrogens (tertiary/aromatic N) is 3. The molecule has 1 aromatic carbocycles. The SMILES string of the molecule is CCC(C)N(CC(=O)O)c1cccc(C#N)c1[N+](=O)[O-]. The van der Waals surface area contributed by atoms with Crippen LogP contribution in [-0.2, 0) is 4.79 Å². The number of rotatable bonds is 6. The summed E-state index contributed by atoms with van der Waals surface area (Å²) in [6, 6.07) is 5.89. The molecule has 1 atom stereocenters. The molecule has 0 saturated heterocycles. The summed E-state index contributed by atoms with van der Waals surface area (Å²) in [6.07, 6.45) is 0.626. The predicted octanol–water partition coefficient (Wildman–Crippen LogP) is 2.16. The number of aliphatic carboxylic acids is 1. The van der Waals surface area contributed by atoms with Crippen molar-refractivity contribution in [3.8, 4) is 6.07 Å². The molecule has 106 valence electrons. The lowest BCUT2D eigenvalue weighted by molar-refractivity contribution is -0.384. The van der Waals surface area contributed by atoms with E-state index in [4.69, 9.17) is 10.4 Å². The third kappa shape index (κ3) is 3.23. The Morgan fingerprint density at radius 3 is 2.70 bits per heavy atom. The van der Waals surface area contributed by atoms with Gasteiger partial charge in [0.05, 0.1) is 4.92 Å². The van der Waals surface area contributed by atoms with Gasteiger partial charge in [-0.25, -0.2) is 0 Å². The summed E-state index contributed by atoms with van der Waals surface area (Å²) in [5, 5.41) is 29.1. The highest BCUT2D eigenvalue weighted by atomic mass is 16.6. The van der Waals surface area contributed by atoms with Crippen molar-refractivity contribution in [1.29, 1.82) is 5.26 Å². The zero-order valence-electron chi connectivity index (χ0n) is 11.2. The van der Waals surface area contributed by atoms with Crippen molar-refractivity contribution in [1.82, 2.24) is 0 Å². The third-order valence-electron chi connectivity index (χ3n) is 3.06. The van der Waals surface area contributed by atoms with Crippen molar-refractivity contribution in [3.05, 3.63) is 33.9 Å². The van der Waals surface area contributed by atoms with E-state index < -0.39 is 10.9 Å². The number of benzene rings is 1. The minimum absolute atomic E-state index is 0.0776. The number of nitro benzene ring substituents is 1. The van der Waals surface area contributed by atoms with Crippen LogP contribution >= 0.6 is 0 Å². The molecule has 0 aliphatic carbocycles. The second-order valence-corrected chi connectivity index (χ2v) is 4.32. The van der Waals surface area contributed by atoms with Gasteiger partial charge in [0.2, 0.25) is 0 Å². The number of hydrogen-bond donors (Lipinski definition) is 1. The molecule has 0 aliphatic rings. The van der Waals surface area contributed by atoms with Crippen LogP contribution < -0.4 is 4.90 Å². The van der Waals surface area contributed by atoms with Crippen LogP contribution in [0.1, 0.15) is 25.8 Å². The standard InChI is InChI=1S/C13H15N3O4/c1-3-9(2)15(8-12(17)18)11-6-4-5-10(7-14)13(11)16(19)20/h4-6,9H,3,8H2,1-2H3,(H,17,18). The summed E-state index contributed by atoms with van der Waals surface area (Å²) in [5.74, 6) is -1.08. The molecule has 1 N–H and O–H groups in total. The van der Waals surface area contributed by atoms with Gasteiger partial charge >= 0.3 is 11.7 Å². The number of carboxylic acid groups (broad SMARTS) is 1. The molecule has 0 fully saturated rings. The van der Waals surface area contributed by atoms with E-state index >= 15 is 0 Å². The molecule has 0 bridgehead atoms. The molecule has 0 aromatic heterocycles. The molecule has 1 unspecified atom stereocenters. The maximum absolute atomic E-state index is 11.2. The highest BCUT2D eigenvalue weighted by molar-refractivity contribution is 5.78. The number of nitriles is 1. The van der Waals surface area contributed by atoms with Crippen LogP contribution in [0.5, 0.6) is 0 Å². The van der Waals surface area contributed by atoms with E-state index in [1.165, 1.54) is 23.1 Å². The summed E-state index contributed by atoms with van der Waals surface area (Å²) in [7, 11) is 0. The Balaban J connectivity index is 3.43. The average molecular weight is 277 g/mol. The van der Waals surface area contributed by atoms with Crippen molar-refractivity contribution in [2.45, 2.75) is 26.3 Å². The molecule has 0 radical (unpaired) electrons. The molecule has 7 nitrogen and oxygen atoms in total. The first-order valence-electron chi connectivity index (χ1n) is 6.08. The zero-order chi connectivity index (χ0) is 15.3. The van der Waals surface area contributed by atoms with Gasteiger partial charge in [-0.05, 0) is 25.5 Å². The second-order valence-electron chi connectivity index (χ2n) is 4.32. The summed E-state index contributed by atoms with van der Waals surface area (Å²) < 4.78 is 0. The highest BCUT2D eigenvalue weighted by Gasteiger charge is 2.27. The zero-order valence-corrected chi connectivity index (χ0v) is 11.2. The minimum Gasteiger partial charge on any atom is -0.480 e. The van der Waals surface area contributed by atoms with Crippen molar-refractivity contribution >= 4 is 17.3 Å². The first-order valence-corrected chi connectivity index (χ1v) is 6.08. The van der Waals surface area contributed by atoms with Gasteiger partial charge in [0.15, 0.2) is 0 Å². The lowest BCUT2D eigenvalue weighted by Crippen LogP contribution is -2.37. The smallest absolute Gasteiger partial charge is 0.323 e. The van der Waals surface area contributed by atoms with E-state index in [0.717, 1.165) is 0 Å². The van der Waals surface area contributed by atoms with Crippen molar-refractivity contribution in [2.24, 2.45) is 0 Å². The summed E-state index contributed by atoms with van der Waals surface area (Å²) in [4.78, 5) is 22.9. The van der Waals surface area contributed by atoms with Crippen LogP contribution in [0.4, 0.5) is 11.4 Å². The van der Waals surface area contributed by atoms with Gasteiger partial charge in [0.25, 0.3) is 0 Å². The van der Waals surface area contributed by atoms with Crippen LogP contribution in [-0.4, -0.2) is 28.6 Å². The van der Waals surface area contributed by atoms with E-state index in [1.54, 1.807) is 13.0 Å². The quantitative estimate of drug-likeness (QED) is 0.630. The van der Waals surface area contributed by atoms with Gasteiger partial charge in [-0.2, -0.15) is 5.26 Å². The lowest BCUT2D eigenvalue weighted by Gasteiger charge is -2.28. The Morgan fingerprint density at radius 2 is 2.25 bits per heavy atom. The van der Waals surface area contributed by atoms with Gasteiger partial charge in [-0.3, -0.25) is 14.9 Å². The van der Waals surface area contributed by atoms with Crippen LogP contribution in [0.15, 0.2) is 18.2 Å².